The van der Waals surface area contributed by atoms with Crippen molar-refractivity contribution in [2.45, 2.75) is 32.2 Å². The van der Waals surface area contributed by atoms with E-state index in [1.807, 2.05) is 13.8 Å². The van der Waals surface area contributed by atoms with Crippen molar-refractivity contribution in [3.8, 4) is 0 Å². The number of nitrogens with two attached hydrogens (primary N) is 1. The number of piperidine rings is 1. The van der Waals surface area contributed by atoms with Crippen molar-refractivity contribution >= 4 is 11.6 Å². The maximum atomic E-state index is 12.8. The molecule has 3 N–H and O–H groups in total. The number of nitrogens with zero attached hydrogens (tertiary/aromatic N) is 1. The molecule has 1 aromatic carbocycles. The SMILES string of the molecule is CC(C)(N)CN1CCC(C(=O)Nc2ccc(F)cc2)CC1. The van der Waals surface area contributed by atoms with Gasteiger partial charge >= 0.3 is 0 Å². The molecule has 0 unspecified atom stereocenters. The Kier molecular flexibility index (Phi) is 4.96. The van der Waals surface area contributed by atoms with Crippen LogP contribution in [-0.2, 0) is 4.79 Å². The lowest BCUT2D eigenvalue weighted by atomic mass is 9.94. The summed E-state index contributed by atoms with van der Waals surface area (Å²) in [6.45, 7) is 6.66. The van der Waals surface area contributed by atoms with Crippen molar-refractivity contribution in [1.29, 1.82) is 0 Å². The molecule has 0 aromatic heterocycles. The summed E-state index contributed by atoms with van der Waals surface area (Å²) in [6.07, 6.45) is 1.67. The highest BCUT2D eigenvalue weighted by atomic mass is 19.1. The summed E-state index contributed by atoms with van der Waals surface area (Å²) in [5.41, 5.74) is 6.46. The smallest absolute Gasteiger partial charge is 0.227 e. The van der Waals surface area contributed by atoms with Gasteiger partial charge in [-0.25, -0.2) is 4.39 Å². The van der Waals surface area contributed by atoms with E-state index < -0.39 is 0 Å². The van der Waals surface area contributed by atoms with Crippen LogP contribution in [0.25, 0.3) is 0 Å². The molecule has 1 aliphatic heterocycles. The molecule has 0 spiro atoms. The predicted molar refractivity (Wildman–Crippen MR) is 82.5 cm³/mol. The van der Waals surface area contributed by atoms with Gasteiger partial charge in [-0.3, -0.25) is 4.79 Å². The second kappa shape index (κ2) is 6.54. The van der Waals surface area contributed by atoms with Gasteiger partial charge in [0.2, 0.25) is 5.91 Å². The summed E-state index contributed by atoms with van der Waals surface area (Å²) >= 11 is 0. The second-order valence-electron chi connectivity index (χ2n) is 6.54. The van der Waals surface area contributed by atoms with Crippen LogP contribution < -0.4 is 11.1 Å². The molecule has 1 aliphatic rings. The van der Waals surface area contributed by atoms with E-state index in [0.717, 1.165) is 32.5 Å². The summed E-state index contributed by atoms with van der Waals surface area (Å²) in [5.74, 6) is -0.258. The fourth-order valence-corrected chi connectivity index (χ4v) is 2.71. The average Bonchev–Trinajstić information content (AvgIpc) is 2.40. The van der Waals surface area contributed by atoms with E-state index in [9.17, 15) is 9.18 Å². The van der Waals surface area contributed by atoms with Gasteiger partial charge in [-0.05, 0) is 64.0 Å². The van der Waals surface area contributed by atoms with Crippen LogP contribution in [0.15, 0.2) is 24.3 Å². The highest BCUT2D eigenvalue weighted by molar-refractivity contribution is 5.92. The van der Waals surface area contributed by atoms with Gasteiger partial charge in [0.1, 0.15) is 5.82 Å². The van der Waals surface area contributed by atoms with Gasteiger partial charge in [0, 0.05) is 23.7 Å². The molecule has 0 saturated carbocycles. The van der Waals surface area contributed by atoms with E-state index in [1.54, 1.807) is 12.1 Å². The molecule has 5 heteroatoms. The Bertz CT molecular complexity index is 473. The lowest BCUT2D eigenvalue weighted by Crippen LogP contribution is -2.48. The summed E-state index contributed by atoms with van der Waals surface area (Å²) in [4.78, 5) is 14.5. The number of halogens is 1. The zero-order valence-electron chi connectivity index (χ0n) is 12.7. The second-order valence-corrected chi connectivity index (χ2v) is 6.54. The number of hydrogen-bond acceptors (Lipinski definition) is 3. The molecule has 1 amide bonds. The Labute approximate surface area is 125 Å². The van der Waals surface area contributed by atoms with E-state index in [1.165, 1.54) is 12.1 Å². The molecule has 1 fully saturated rings. The molecule has 0 radical (unpaired) electrons. The van der Waals surface area contributed by atoms with Crippen LogP contribution in [0.2, 0.25) is 0 Å². The average molecular weight is 293 g/mol. The maximum Gasteiger partial charge on any atom is 0.227 e. The summed E-state index contributed by atoms with van der Waals surface area (Å²) < 4.78 is 12.8. The first-order chi connectivity index (χ1) is 9.83. The van der Waals surface area contributed by atoms with E-state index in [0.29, 0.717) is 5.69 Å². The predicted octanol–water partition coefficient (Wildman–Crippen LogP) is 2.21. The van der Waals surface area contributed by atoms with Crippen molar-refractivity contribution in [2.75, 3.05) is 25.0 Å². The molecule has 2 rings (SSSR count). The molecular weight excluding hydrogens is 269 g/mol. The number of nitrogens with one attached hydrogen (secondary N) is 1. The van der Waals surface area contributed by atoms with Crippen molar-refractivity contribution in [3.63, 3.8) is 0 Å². The van der Waals surface area contributed by atoms with Crippen LogP contribution in [0.1, 0.15) is 26.7 Å². The van der Waals surface area contributed by atoms with Crippen molar-refractivity contribution in [1.82, 2.24) is 4.90 Å². The number of carbonyl (C=O) groups is 1. The van der Waals surface area contributed by atoms with Crippen LogP contribution in [0.3, 0.4) is 0 Å². The van der Waals surface area contributed by atoms with E-state index >= 15 is 0 Å². The van der Waals surface area contributed by atoms with Crippen molar-refractivity contribution in [2.24, 2.45) is 11.7 Å². The fourth-order valence-electron chi connectivity index (χ4n) is 2.71. The number of rotatable bonds is 4. The first kappa shape index (κ1) is 15.9. The third-order valence-electron chi connectivity index (χ3n) is 3.70. The number of amides is 1. The van der Waals surface area contributed by atoms with E-state index in [-0.39, 0.29) is 23.2 Å². The van der Waals surface area contributed by atoms with Gasteiger partial charge in [-0.1, -0.05) is 0 Å². The largest absolute Gasteiger partial charge is 0.326 e. The quantitative estimate of drug-likeness (QED) is 0.895. The number of carbonyl (C=O) groups excluding carboxylic acids is 1. The minimum absolute atomic E-state index is 0.0205. The molecule has 0 aliphatic carbocycles. The van der Waals surface area contributed by atoms with Crippen molar-refractivity contribution < 1.29 is 9.18 Å². The van der Waals surface area contributed by atoms with E-state index in [4.69, 9.17) is 5.73 Å². The minimum atomic E-state index is -0.300. The van der Waals surface area contributed by atoms with Gasteiger partial charge in [-0.15, -0.1) is 0 Å². The minimum Gasteiger partial charge on any atom is -0.326 e. The molecule has 0 bridgehead atoms. The summed E-state index contributed by atoms with van der Waals surface area (Å²) in [6, 6.07) is 5.86. The monoisotopic (exact) mass is 293 g/mol. The molecule has 21 heavy (non-hydrogen) atoms. The summed E-state index contributed by atoms with van der Waals surface area (Å²) in [7, 11) is 0. The topological polar surface area (TPSA) is 58.4 Å². The highest BCUT2D eigenvalue weighted by Gasteiger charge is 2.27. The van der Waals surface area contributed by atoms with Gasteiger partial charge < -0.3 is 16.0 Å². The fraction of sp³-hybridized carbons (Fsp3) is 0.562. The third-order valence-corrected chi connectivity index (χ3v) is 3.70. The molecule has 4 nitrogen and oxygen atoms in total. The summed E-state index contributed by atoms with van der Waals surface area (Å²) in [5, 5.41) is 2.85. The van der Waals surface area contributed by atoms with Crippen molar-refractivity contribution in [3.05, 3.63) is 30.1 Å². The molecule has 1 heterocycles. The molecule has 1 aromatic rings. The van der Waals surface area contributed by atoms with Gasteiger partial charge in [0.15, 0.2) is 0 Å². The normalized spacial score (nSPS) is 17.7. The number of hydrogen-bond donors (Lipinski definition) is 2. The Balaban J connectivity index is 1.81. The van der Waals surface area contributed by atoms with Crippen LogP contribution in [-0.4, -0.2) is 36.0 Å². The Hall–Kier alpha value is -1.46. The van der Waals surface area contributed by atoms with Crippen LogP contribution in [0.5, 0.6) is 0 Å². The first-order valence-corrected chi connectivity index (χ1v) is 7.41. The zero-order valence-corrected chi connectivity index (χ0v) is 12.7. The molecule has 1 saturated heterocycles. The number of anilines is 1. The Morgan fingerprint density at radius 1 is 1.33 bits per heavy atom. The third kappa shape index (κ3) is 5.10. The highest BCUT2D eigenvalue weighted by Crippen LogP contribution is 2.20. The maximum absolute atomic E-state index is 12.8. The van der Waals surface area contributed by atoms with Crippen LogP contribution in [0.4, 0.5) is 10.1 Å². The first-order valence-electron chi connectivity index (χ1n) is 7.41. The lowest BCUT2D eigenvalue weighted by Gasteiger charge is -2.35. The molecule has 0 atom stereocenters. The van der Waals surface area contributed by atoms with Gasteiger partial charge in [0.25, 0.3) is 0 Å². The zero-order chi connectivity index (χ0) is 15.5. The number of likely N-dealkylation sites (tertiary alicyclic amines) is 1. The lowest BCUT2D eigenvalue weighted by molar-refractivity contribution is -0.121. The number of benzene rings is 1. The Morgan fingerprint density at radius 2 is 1.90 bits per heavy atom. The Morgan fingerprint density at radius 3 is 2.43 bits per heavy atom. The van der Waals surface area contributed by atoms with Gasteiger partial charge in [0.05, 0.1) is 0 Å². The van der Waals surface area contributed by atoms with Crippen LogP contribution >= 0.6 is 0 Å². The molecule has 116 valence electrons. The molecular formula is C16H24FN3O. The van der Waals surface area contributed by atoms with Gasteiger partial charge in [-0.2, -0.15) is 0 Å². The van der Waals surface area contributed by atoms with E-state index in [2.05, 4.69) is 10.2 Å². The van der Waals surface area contributed by atoms with Crippen LogP contribution in [0, 0.1) is 11.7 Å². The standard InChI is InChI=1S/C16H24FN3O/c1-16(2,18)11-20-9-7-12(8-10-20)15(21)19-14-5-3-13(17)4-6-14/h3-6,12H,7-11,18H2,1-2H3,(H,19,21).